The first-order valence-electron chi connectivity index (χ1n) is 4.96. The number of para-hydroxylation sites is 1. The summed E-state index contributed by atoms with van der Waals surface area (Å²) in [6.07, 6.45) is 0. The van der Waals surface area contributed by atoms with Crippen molar-refractivity contribution in [1.82, 2.24) is 0 Å². The van der Waals surface area contributed by atoms with E-state index in [2.05, 4.69) is 6.58 Å². The van der Waals surface area contributed by atoms with Crippen LogP contribution in [0.3, 0.4) is 0 Å². The predicted molar refractivity (Wildman–Crippen MR) is 62.7 cm³/mol. The Kier molecular flexibility index (Phi) is 7.10. The fraction of sp³-hybridized carbons (Fsp3) is 0.273. The zero-order chi connectivity index (χ0) is 12.3. The van der Waals surface area contributed by atoms with Gasteiger partial charge in [-0.05, 0) is 18.6 Å². The van der Waals surface area contributed by atoms with Crippen molar-refractivity contribution in [2.75, 3.05) is 18.5 Å². The molecule has 0 aromatic heterocycles. The summed E-state index contributed by atoms with van der Waals surface area (Å²) < 4.78 is 37.1. The summed E-state index contributed by atoms with van der Waals surface area (Å²) in [6.45, 7) is -0.182. The third-order valence-corrected chi connectivity index (χ3v) is 2.43. The number of aryl methyl sites for hydroxylation is 1. The molecule has 0 aliphatic heterocycles. The standard InChI is InChI=1S/C11H14BF3N.K/c1-9-6-4-5-7-11(9)16(3)8-10(2)12(13,14)15;/h4-7H,2,8H2,1,3H3;/q-1;+1. The summed E-state index contributed by atoms with van der Waals surface area (Å²) in [4.78, 5) is 1.56. The number of likely N-dealkylation sites (N-methyl/N-ethyl adjacent to an activating group) is 1. The molecule has 0 saturated carbocycles. The Morgan fingerprint density at radius 2 is 1.82 bits per heavy atom. The van der Waals surface area contributed by atoms with Crippen molar-refractivity contribution < 1.29 is 64.3 Å². The van der Waals surface area contributed by atoms with Crippen LogP contribution in [-0.4, -0.2) is 20.6 Å². The van der Waals surface area contributed by atoms with Crippen LogP contribution >= 0.6 is 0 Å². The van der Waals surface area contributed by atoms with Crippen LogP contribution in [0.2, 0.25) is 0 Å². The second-order valence-corrected chi connectivity index (χ2v) is 3.88. The number of hydrogen-bond donors (Lipinski definition) is 0. The first kappa shape index (κ1) is 17.3. The van der Waals surface area contributed by atoms with E-state index in [9.17, 15) is 12.9 Å². The molecular formula is C11H14BF3KN. The topological polar surface area (TPSA) is 3.24 Å². The molecule has 17 heavy (non-hydrogen) atoms. The summed E-state index contributed by atoms with van der Waals surface area (Å²) in [5.41, 5.74) is 1.07. The average molecular weight is 267 g/mol. The summed E-state index contributed by atoms with van der Waals surface area (Å²) in [7, 11) is 1.63. The minimum absolute atomic E-state index is 0. The van der Waals surface area contributed by atoms with Crippen molar-refractivity contribution in [3.63, 3.8) is 0 Å². The third kappa shape index (κ3) is 5.18. The molecule has 0 radical (unpaired) electrons. The third-order valence-electron chi connectivity index (χ3n) is 2.43. The smallest absolute Gasteiger partial charge is 0.445 e. The van der Waals surface area contributed by atoms with E-state index < -0.39 is 12.4 Å². The van der Waals surface area contributed by atoms with Crippen LogP contribution in [0.4, 0.5) is 18.6 Å². The summed E-state index contributed by atoms with van der Waals surface area (Å²) >= 11 is 0. The molecule has 1 nitrogen and oxygen atoms in total. The number of nitrogens with zero attached hydrogens (tertiary/aromatic N) is 1. The second-order valence-electron chi connectivity index (χ2n) is 3.88. The van der Waals surface area contributed by atoms with Gasteiger partial charge in [-0.25, -0.2) is 0 Å². The van der Waals surface area contributed by atoms with Gasteiger partial charge in [0.2, 0.25) is 0 Å². The van der Waals surface area contributed by atoms with Crippen LogP contribution in [0.25, 0.3) is 0 Å². The van der Waals surface area contributed by atoms with Crippen LogP contribution in [0, 0.1) is 6.92 Å². The molecule has 1 aromatic carbocycles. The molecule has 0 aliphatic rings. The van der Waals surface area contributed by atoms with Gasteiger partial charge in [0.15, 0.2) is 0 Å². The molecule has 0 aliphatic carbocycles. The van der Waals surface area contributed by atoms with Gasteiger partial charge >= 0.3 is 58.4 Å². The predicted octanol–water partition coefficient (Wildman–Crippen LogP) is 0.378. The molecule has 1 rings (SSSR count). The Bertz CT molecular complexity index is 393. The van der Waals surface area contributed by atoms with Gasteiger partial charge in [0.05, 0.1) is 0 Å². The maximum Gasteiger partial charge on any atom is 1.00 e. The van der Waals surface area contributed by atoms with Crippen LogP contribution < -0.4 is 56.3 Å². The van der Waals surface area contributed by atoms with Gasteiger partial charge in [-0.1, -0.05) is 18.2 Å². The number of benzene rings is 1. The molecular weight excluding hydrogens is 253 g/mol. The summed E-state index contributed by atoms with van der Waals surface area (Å²) in [5, 5.41) is 0. The van der Waals surface area contributed by atoms with Crippen LogP contribution in [0.5, 0.6) is 0 Å². The number of hydrogen-bond acceptors (Lipinski definition) is 1. The van der Waals surface area contributed by atoms with E-state index in [0.717, 1.165) is 11.3 Å². The summed E-state index contributed by atoms with van der Waals surface area (Å²) in [5.74, 6) is 0. The van der Waals surface area contributed by atoms with E-state index in [1.165, 1.54) is 0 Å². The molecule has 88 valence electrons. The van der Waals surface area contributed by atoms with Gasteiger partial charge in [0, 0.05) is 19.3 Å². The van der Waals surface area contributed by atoms with E-state index in [1.54, 1.807) is 24.1 Å². The SMILES string of the molecule is C=C(CN(C)c1ccccc1C)[B-](F)(F)F.[K+]. The molecule has 0 unspecified atom stereocenters. The molecule has 0 spiro atoms. The maximum absolute atomic E-state index is 12.4. The van der Waals surface area contributed by atoms with Gasteiger partial charge in [-0.3, -0.25) is 0 Å². The zero-order valence-electron chi connectivity index (χ0n) is 10.4. The molecule has 6 heteroatoms. The molecule has 0 N–H and O–H groups in total. The fourth-order valence-corrected chi connectivity index (χ4v) is 1.49. The van der Waals surface area contributed by atoms with Crippen molar-refractivity contribution in [2.45, 2.75) is 6.92 Å². The van der Waals surface area contributed by atoms with Crippen molar-refractivity contribution in [3.05, 3.63) is 41.9 Å². The number of halogens is 3. The zero-order valence-corrected chi connectivity index (χ0v) is 13.5. The monoisotopic (exact) mass is 267 g/mol. The normalized spacial score (nSPS) is 10.6. The minimum Gasteiger partial charge on any atom is -0.445 e. The first-order chi connectivity index (χ1) is 7.32. The van der Waals surface area contributed by atoms with Crippen LogP contribution in [0.1, 0.15) is 5.56 Å². The van der Waals surface area contributed by atoms with Crippen molar-refractivity contribution in [3.8, 4) is 0 Å². The second kappa shape index (κ2) is 6.99. The Morgan fingerprint density at radius 1 is 1.29 bits per heavy atom. The first-order valence-corrected chi connectivity index (χ1v) is 4.96. The van der Waals surface area contributed by atoms with Crippen LogP contribution in [0.15, 0.2) is 36.3 Å². The Balaban J connectivity index is 0.00000256. The van der Waals surface area contributed by atoms with E-state index in [1.807, 2.05) is 19.1 Å². The molecule has 1 aromatic rings. The Hall–Kier alpha value is 0.251. The van der Waals surface area contributed by atoms with E-state index in [4.69, 9.17) is 0 Å². The van der Waals surface area contributed by atoms with Gasteiger partial charge in [0.1, 0.15) is 0 Å². The minimum atomic E-state index is -4.95. The van der Waals surface area contributed by atoms with E-state index in [-0.39, 0.29) is 57.9 Å². The molecule has 0 fully saturated rings. The maximum atomic E-state index is 12.4. The molecule has 0 atom stereocenters. The Labute approximate surface area is 143 Å². The largest absolute Gasteiger partial charge is 1.00 e. The van der Waals surface area contributed by atoms with Crippen molar-refractivity contribution in [2.24, 2.45) is 0 Å². The van der Waals surface area contributed by atoms with Gasteiger partial charge in [0.25, 0.3) is 0 Å². The molecule has 0 saturated heterocycles. The van der Waals surface area contributed by atoms with Crippen molar-refractivity contribution >= 4 is 12.7 Å². The van der Waals surface area contributed by atoms with Crippen LogP contribution in [-0.2, 0) is 0 Å². The quantitative estimate of drug-likeness (QED) is 0.713. The molecule has 0 heterocycles. The fourth-order valence-electron chi connectivity index (χ4n) is 1.49. The molecule has 0 bridgehead atoms. The van der Waals surface area contributed by atoms with Gasteiger partial charge in [-0.2, -0.15) is 0 Å². The van der Waals surface area contributed by atoms with E-state index in [0.29, 0.717) is 0 Å². The Morgan fingerprint density at radius 3 is 2.29 bits per heavy atom. The van der Waals surface area contributed by atoms with Crippen molar-refractivity contribution in [1.29, 1.82) is 0 Å². The summed E-state index contributed by atoms with van der Waals surface area (Å²) in [6, 6.07) is 7.33. The average Bonchev–Trinajstić information content (AvgIpc) is 2.16. The van der Waals surface area contributed by atoms with Gasteiger partial charge in [-0.15, -0.1) is 12.1 Å². The number of anilines is 1. The number of rotatable bonds is 4. The molecule has 0 amide bonds. The van der Waals surface area contributed by atoms with E-state index >= 15 is 0 Å². The van der Waals surface area contributed by atoms with Gasteiger partial charge < -0.3 is 17.8 Å².